The lowest BCUT2D eigenvalue weighted by Crippen LogP contribution is -2.29. The van der Waals surface area contributed by atoms with Crippen LogP contribution in [0, 0.1) is 10.1 Å². The zero-order chi connectivity index (χ0) is 19.5. The van der Waals surface area contributed by atoms with Crippen molar-refractivity contribution in [2.24, 2.45) is 0 Å². The Morgan fingerprint density at radius 3 is 2.79 bits per heavy atom. The summed E-state index contributed by atoms with van der Waals surface area (Å²) in [5.74, 6) is -0.269. The van der Waals surface area contributed by atoms with E-state index in [-0.39, 0.29) is 11.6 Å². The number of carbonyl (C=O) groups is 1. The van der Waals surface area contributed by atoms with Crippen LogP contribution in [-0.2, 0) is 19.5 Å². The Morgan fingerprint density at radius 1 is 1.25 bits per heavy atom. The number of nitro groups is 1. The molecule has 8 nitrogen and oxygen atoms in total. The fourth-order valence-corrected chi connectivity index (χ4v) is 4.12. The molecule has 3 heterocycles. The molecule has 0 saturated heterocycles. The van der Waals surface area contributed by atoms with Gasteiger partial charge in [0.15, 0.2) is 5.13 Å². The first-order valence-corrected chi connectivity index (χ1v) is 9.57. The summed E-state index contributed by atoms with van der Waals surface area (Å²) >= 11 is 1.48. The van der Waals surface area contributed by atoms with Crippen LogP contribution >= 0.6 is 11.3 Å². The lowest BCUT2D eigenvalue weighted by molar-refractivity contribution is -0.384. The lowest BCUT2D eigenvalue weighted by Gasteiger charge is -2.25. The molecule has 0 saturated carbocycles. The van der Waals surface area contributed by atoms with Crippen LogP contribution in [0.4, 0.5) is 10.8 Å². The van der Waals surface area contributed by atoms with Gasteiger partial charge in [-0.3, -0.25) is 30.1 Å². The van der Waals surface area contributed by atoms with E-state index < -0.39 is 4.92 Å². The van der Waals surface area contributed by atoms with E-state index in [1.54, 1.807) is 36.5 Å². The van der Waals surface area contributed by atoms with Gasteiger partial charge in [0.05, 0.1) is 10.6 Å². The molecule has 0 unspecified atom stereocenters. The Bertz CT molecular complexity index is 1000. The Balaban J connectivity index is 1.40. The fourth-order valence-electron chi connectivity index (χ4n) is 3.08. The van der Waals surface area contributed by atoms with Crippen LogP contribution in [0.15, 0.2) is 48.7 Å². The van der Waals surface area contributed by atoms with Crippen LogP contribution in [0.5, 0.6) is 0 Å². The van der Waals surface area contributed by atoms with Crippen LogP contribution in [-0.4, -0.2) is 32.2 Å². The molecule has 1 aromatic carbocycles. The van der Waals surface area contributed by atoms with Crippen molar-refractivity contribution in [2.75, 3.05) is 11.9 Å². The molecule has 3 aromatic rings. The minimum Gasteiger partial charge on any atom is -0.296 e. The van der Waals surface area contributed by atoms with Gasteiger partial charge in [-0.05, 0) is 17.7 Å². The summed E-state index contributed by atoms with van der Waals surface area (Å²) in [6.07, 6.45) is 2.39. The third-order valence-corrected chi connectivity index (χ3v) is 5.48. The molecule has 0 fully saturated rings. The van der Waals surface area contributed by atoms with Gasteiger partial charge in [0.25, 0.3) is 11.6 Å². The third kappa shape index (κ3) is 4.05. The Hall–Kier alpha value is -3.17. The first-order valence-electron chi connectivity index (χ1n) is 8.75. The zero-order valence-electron chi connectivity index (χ0n) is 14.9. The van der Waals surface area contributed by atoms with Crippen LogP contribution in [0.1, 0.15) is 26.6 Å². The number of non-ortho nitro benzene ring substituents is 1. The van der Waals surface area contributed by atoms with E-state index in [0.717, 1.165) is 35.6 Å². The van der Waals surface area contributed by atoms with E-state index in [1.165, 1.54) is 23.5 Å². The van der Waals surface area contributed by atoms with Crippen molar-refractivity contribution in [3.8, 4) is 0 Å². The van der Waals surface area contributed by atoms with E-state index in [0.29, 0.717) is 17.4 Å². The van der Waals surface area contributed by atoms with Crippen molar-refractivity contribution < 1.29 is 9.72 Å². The van der Waals surface area contributed by atoms with Gasteiger partial charge in [-0.25, -0.2) is 4.98 Å². The molecule has 2 aromatic heterocycles. The molecule has 142 valence electrons. The molecular weight excluding hydrogens is 378 g/mol. The topological polar surface area (TPSA) is 101 Å². The van der Waals surface area contributed by atoms with Gasteiger partial charge in [0.2, 0.25) is 0 Å². The molecule has 1 N–H and O–H groups in total. The van der Waals surface area contributed by atoms with E-state index in [9.17, 15) is 14.9 Å². The van der Waals surface area contributed by atoms with E-state index >= 15 is 0 Å². The van der Waals surface area contributed by atoms with Gasteiger partial charge in [-0.15, -0.1) is 11.3 Å². The van der Waals surface area contributed by atoms with Crippen molar-refractivity contribution in [3.63, 3.8) is 0 Å². The van der Waals surface area contributed by atoms with E-state index in [1.807, 2.05) is 0 Å². The van der Waals surface area contributed by atoms with Gasteiger partial charge in [0.1, 0.15) is 5.69 Å². The molecule has 1 aliphatic heterocycles. The summed E-state index contributed by atoms with van der Waals surface area (Å²) in [5, 5.41) is 14.2. The number of rotatable bonds is 5. The summed E-state index contributed by atoms with van der Waals surface area (Å²) in [7, 11) is 0. The molecule has 1 aliphatic rings. The zero-order valence-corrected chi connectivity index (χ0v) is 15.7. The number of aromatic nitrogens is 2. The number of hydrogen-bond donors (Lipinski definition) is 1. The summed E-state index contributed by atoms with van der Waals surface area (Å²) in [5.41, 5.74) is 2.50. The molecule has 0 aliphatic carbocycles. The average Bonchev–Trinajstić information content (AvgIpc) is 3.10. The van der Waals surface area contributed by atoms with Crippen molar-refractivity contribution in [3.05, 3.63) is 80.6 Å². The van der Waals surface area contributed by atoms with Gasteiger partial charge < -0.3 is 0 Å². The number of fused-ring (bicyclic) bond motifs is 1. The number of nitro benzene ring substituents is 1. The quantitative estimate of drug-likeness (QED) is 0.526. The van der Waals surface area contributed by atoms with Crippen molar-refractivity contribution in [2.45, 2.75) is 19.5 Å². The molecule has 0 spiro atoms. The molecule has 0 radical (unpaired) electrons. The largest absolute Gasteiger partial charge is 0.296 e. The second-order valence-corrected chi connectivity index (χ2v) is 7.53. The molecule has 0 bridgehead atoms. The maximum atomic E-state index is 12.2. The highest BCUT2D eigenvalue weighted by atomic mass is 32.1. The Kier molecular flexibility index (Phi) is 5.09. The van der Waals surface area contributed by atoms with Crippen molar-refractivity contribution in [1.82, 2.24) is 14.9 Å². The maximum absolute atomic E-state index is 12.2. The Morgan fingerprint density at radius 2 is 2.07 bits per heavy atom. The van der Waals surface area contributed by atoms with Gasteiger partial charge >= 0.3 is 0 Å². The number of thiazole rings is 1. The summed E-state index contributed by atoms with van der Waals surface area (Å²) in [6.45, 7) is 2.30. The van der Waals surface area contributed by atoms with Crippen LogP contribution < -0.4 is 5.32 Å². The second kappa shape index (κ2) is 7.83. The Labute approximate surface area is 165 Å². The van der Waals surface area contributed by atoms with Crippen molar-refractivity contribution in [1.29, 1.82) is 0 Å². The van der Waals surface area contributed by atoms with Gasteiger partial charge in [-0.2, -0.15) is 0 Å². The first kappa shape index (κ1) is 18.2. The van der Waals surface area contributed by atoms with E-state index in [2.05, 4.69) is 20.2 Å². The molecule has 4 rings (SSSR count). The highest BCUT2D eigenvalue weighted by Gasteiger charge is 2.22. The first-order chi connectivity index (χ1) is 13.6. The predicted molar refractivity (Wildman–Crippen MR) is 105 cm³/mol. The predicted octanol–water partition coefficient (Wildman–Crippen LogP) is 3.26. The number of amides is 1. The number of nitrogens with one attached hydrogen (secondary N) is 1. The number of anilines is 1. The second-order valence-electron chi connectivity index (χ2n) is 6.44. The molecule has 1 amide bonds. The highest BCUT2D eigenvalue weighted by Crippen LogP contribution is 2.29. The number of pyridine rings is 1. The highest BCUT2D eigenvalue weighted by molar-refractivity contribution is 7.15. The number of nitrogens with zero attached hydrogens (tertiary/aromatic N) is 4. The normalized spacial score (nSPS) is 13.7. The monoisotopic (exact) mass is 395 g/mol. The van der Waals surface area contributed by atoms with E-state index in [4.69, 9.17) is 0 Å². The summed E-state index contributed by atoms with van der Waals surface area (Å²) in [4.78, 5) is 34.6. The fraction of sp³-hybridized carbons (Fsp3) is 0.211. The lowest BCUT2D eigenvalue weighted by atomic mass is 10.1. The van der Waals surface area contributed by atoms with Crippen LogP contribution in [0.2, 0.25) is 0 Å². The number of benzene rings is 1. The minimum atomic E-state index is -0.394. The maximum Gasteiger partial charge on any atom is 0.276 e. The number of carbonyl (C=O) groups excluding carboxylic acids is 1. The molecular formula is C19H17N5O3S. The SMILES string of the molecule is O=C(Nc1nc2c(s1)CN(Cc1ccc([N+](=O)[O-])cc1)CC2)c1ccccn1. The average molecular weight is 395 g/mol. The molecule has 28 heavy (non-hydrogen) atoms. The van der Waals surface area contributed by atoms with Crippen molar-refractivity contribution >= 4 is 28.1 Å². The smallest absolute Gasteiger partial charge is 0.276 e. The summed E-state index contributed by atoms with van der Waals surface area (Å²) in [6, 6.07) is 11.8. The summed E-state index contributed by atoms with van der Waals surface area (Å²) < 4.78 is 0. The number of hydrogen-bond acceptors (Lipinski definition) is 7. The molecule has 9 heteroatoms. The van der Waals surface area contributed by atoms with Gasteiger partial charge in [-0.1, -0.05) is 18.2 Å². The standard InChI is InChI=1S/C19H17N5O3S/c25-18(16-3-1-2-9-20-16)22-19-21-15-8-10-23(12-17(15)28-19)11-13-4-6-14(7-5-13)24(26)27/h1-7,9H,8,10-12H2,(H,21,22,25). The minimum absolute atomic E-state index is 0.0976. The van der Waals surface area contributed by atoms with Crippen LogP contribution in [0.25, 0.3) is 0 Å². The third-order valence-electron chi connectivity index (χ3n) is 4.48. The molecule has 0 atom stereocenters. The van der Waals surface area contributed by atoms with Crippen LogP contribution in [0.3, 0.4) is 0 Å². The van der Waals surface area contributed by atoms with Gasteiger partial charge in [0, 0.05) is 49.3 Å².